The molecule has 0 saturated heterocycles. The van der Waals surface area contributed by atoms with Gasteiger partial charge in [-0.25, -0.2) is 4.57 Å². The molecular formula is C66H122N2O6P+. The maximum Gasteiger partial charge on any atom is 0.472 e. The molecule has 436 valence electrons. The predicted molar refractivity (Wildman–Crippen MR) is 327 cm³/mol. The van der Waals surface area contributed by atoms with Crippen LogP contribution in [0.4, 0.5) is 0 Å². The number of allylic oxidation sites excluding steroid dienone is 13. The molecule has 75 heavy (non-hydrogen) atoms. The lowest BCUT2D eigenvalue weighted by Crippen LogP contribution is -2.45. The van der Waals surface area contributed by atoms with Crippen molar-refractivity contribution in [3.63, 3.8) is 0 Å². The molecule has 0 aromatic carbocycles. The van der Waals surface area contributed by atoms with Crippen LogP contribution in [-0.4, -0.2) is 73.4 Å². The van der Waals surface area contributed by atoms with Crippen molar-refractivity contribution in [1.82, 2.24) is 5.32 Å². The Morgan fingerprint density at radius 1 is 0.467 bits per heavy atom. The molecule has 8 nitrogen and oxygen atoms in total. The molecular weight excluding hydrogens is 948 g/mol. The number of rotatable bonds is 57. The average molecular weight is 1070 g/mol. The minimum atomic E-state index is -4.36. The van der Waals surface area contributed by atoms with E-state index in [0.717, 1.165) is 70.6 Å². The van der Waals surface area contributed by atoms with Crippen molar-refractivity contribution >= 4 is 13.7 Å². The van der Waals surface area contributed by atoms with Crippen molar-refractivity contribution in [1.29, 1.82) is 0 Å². The zero-order valence-electron chi connectivity index (χ0n) is 49.8. The Hall–Kier alpha value is -2.32. The van der Waals surface area contributed by atoms with E-state index in [-0.39, 0.29) is 19.1 Å². The summed E-state index contributed by atoms with van der Waals surface area (Å²) in [6.45, 7) is 4.69. The normalized spacial score (nSPS) is 14.4. The summed E-state index contributed by atoms with van der Waals surface area (Å²) in [5, 5.41) is 13.9. The fourth-order valence-electron chi connectivity index (χ4n) is 8.97. The predicted octanol–water partition coefficient (Wildman–Crippen LogP) is 19.6. The molecule has 0 rings (SSSR count). The Bertz CT molecular complexity index is 1500. The number of aliphatic hydroxyl groups is 1. The Balaban J connectivity index is 4.01. The van der Waals surface area contributed by atoms with Gasteiger partial charge in [-0.15, -0.1) is 0 Å². The summed E-state index contributed by atoms with van der Waals surface area (Å²) >= 11 is 0. The highest BCUT2D eigenvalue weighted by Gasteiger charge is 2.27. The summed E-state index contributed by atoms with van der Waals surface area (Å²) in [6.07, 6.45) is 80.0. The van der Waals surface area contributed by atoms with Gasteiger partial charge in [0.05, 0.1) is 39.9 Å². The van der Waals surface area contributed by atoms with Crippen molar-refractivity contribution in [2.75, 3.05) is 40.9 Å². The van der Waals surface area contributed by atoms with Crippen molar-refractivity contribution in [2.24, 2.45) is 0 Å². The van der Waals surface area contributed by atoms with Gasteiger partial charge in [0.25, 0.3) is 0 Å². The van der Waals surface area contributed by atoms with Crippen LogP contribution in [0.15, 0.2) is 85.1 Å². The molecule has 0 aliphatic heterocycles. The third-order valence-electron chi connectivity index (χ3n) is 13.8. The van der Waals surface area contributed by atoms with Crippen LogP contribution in [0, 0.1) is 0 Å². The minimum Gasteiger partial charge on any atom is -0.387 e. The first-order valence-corrected chi connectivity index (χ1v) is 33.0. The SMILES string of the molecule is CC/C=C\C/C=C\C/C=C\C/C=C\C/C=C\CCCCCCCCCCCCCCCCCCCCCCCC(=O)NC(COP(=O)(O)OCC[N+](C)(C)C)C(O)/C=C/CC/C=C/CCCCCCCCCCCC. The third kappa shape index (κ3) is 59.2. The number of unbranched alkanes of at least 4 members (excludes halogenated alkanes) is 32. The van der Waals surface area contributed by atoms with Gasteiger partial charge in [0, 0.05) is 6.42 Å². The highest BCUT2D eigenvalue weighted by molar-refractivity contribution is 7.47. The number of amides is 1. The maximum absolute atomic E-state index is 13.0. The molecule has 0 aromatic heterocycles. The molecule has 0 fully saturated rings. The number of hydrogen-bond acceptors (Lipinski definition) is 5. The lowest BCUT2D eigenvalue weighted by molar-refractivity contribution is -0.870. The molecule has 0 spiro atoms. The summed E-state index contributed by atoms with van der Waals surface area (Å²) in [5.74, 6) is -0.185. The molecule has 0 radical (unpaired) electrons. The second-order valence-electron chi connectivity index (χ2n) is 22.4. The smallest absolute Gasteiger partial charge is 0.387 e. The van der Waals surface area contributed by atoms with Crippen LogP contribution in [0.25, 0.3) is 0 Å². The van der Waals surface area contributed by atoms with Crippen molar-refractivity contribution in [2.45, 2.75) is 289 Å². The molecule has 9 heteroatoms. The van der Waals surface area contributed by atoms with Crippen LogP contribution in [0.3, 0.4) is 0 Å². The summed E-state index contributed by atoms with van der Waals surface area (Å²) in [6, 6.07) is -0.865. The lowest BCUT2D eigenvalue weighted by Gasteiger charge is -2.25. The zero-order chi connectivity index (χ0) is 54.9. The zero-order valence-corrected chi connectivity index (χ0v) is 50.7. The van der Waals surface area contributed by atoms with Crippen LogP contribution in [0.5, 0.6) is 0 Å². The number of carbonyl (C=O) groups is 1. The number of hydrogen-bond donors (Lipinski definition) is 3. The van der Waals surface area contributed by atoms with E-state index in [1.165, 1.54) is 186 Å². The number of nitrogens with one attached hydrogen (secondary N) is 1. The fourth-order valence-corrected chi connectivity index (χ4v) is 9.70. The summed E-state index contributed by atoms with van der Waals surface area (Å²) in [5.41, 5.74) is 0. The van der Waals surface area contributed by atoms with E-state index in [1.807, 2.05) is 27.2 Å². The summed E-state index contributed by atoms with van der Waals surface area (Å²) < 4.78 is 23.7. The first-order valence-electron chi connectivity index (χ1n) is 31.5. The highest BCUT2D eigenvalue weighted by atomic mass is 31.2. The first kappa shape index (κ1) is 72.7. The molecule has 3 N–H and O–H groups in total. The summed E-state index contributed by atoms with van der Waals surface area (Å²) in [7, 11) is 1.56. The fraction of sp³-hybridized carbons (Fsp3) is 0.773. The quantitative estimate of drug-likeness (QED) is 0.0243. The minimum absolute atomic E-state index is 0.0553. The van der Waals surface area contributed by atoms with Gasteiger partial charge in [-0.3, -0.25) is 13.8 Å². The van der Waals surface area contributed by atoms with Gasteiger partial charge in [-0.2, -0.15) is 0 Å². The Morgan fingerprint density at radius 3 is 1.23 bits per heavy atom. The number of likely N-dealkylation sites (N-methyl/N-ethyl adjacent to an activating group) is 1. The average Bonchev–Trinajstić information content (AvgIpc) is 3.37. The monoisotopic (exact) mass is 1070 g/mol. The van der Waals surface area contributed by atoms with Gasteiger partial charge < -0.3 is 19.8 Å². The van der Waals surface area contributed by atoms with Crippen LogP contribution < -0.4 is 5.32 Å². The van der Waals surface area contributed by atoms with Crippen LogP contribution in [0.1, 0.15) is 277 Å². The summed E-state index contributed by atoms with van der Waals surface area (Å²) in [4.78, 5) is 23.3. The van der Waals surface area contributed by atoms with Gasteiger partial charge in [0.1, 0.15) is 13.2 Å². The Labute approximate surface area is 465 Å². The standard InChI is InChI=1S/C66H121N2O6P/c1-6-8-10-12-14-16-18-20-22-24-25-26-27-28-29-30-31-32-33-34-35-36-37-38-39-40-41-42-43-44-46-48-50-52-54-56-58-60-66(70)67-64(63-74-75(71,72)73-62-61-68(3,4)5)65(69)59-57-55-53-51-49-47-45-23-21-19-17-15-13-11-9-7-2/h8,10,14,16,20,22,25-26,28-29,49,51,57,59,64-65,69H,6-7,9,11-13,15,17-19,21,23-24,27,30-48,50,52-56,58,60-63H2,1-5H3,(H-,67,70,71,72)/p+1/b10-8-,16-14-,22-20-,26-25-,29-28-,51-49+,59-57+. The molecule has 0 aromatic rings. The third-order valence-corrected chi connectivity index (χ3v) is 14.8. The van der Waals surface area contributed by atoms with Crippen LogP contribution in [0.2, 0.25) is 0 Å². The van der Waals surface area contributed by atoms with Crippen LogP contribution in [-0.2, 0) is 18.4 Å². The number of quaternary nitrogens is 1. The van der Waals surface area contributed by atoms with E-state index in [4.69, 9.17) is 9.05 Å². The van der Waals surface area contributed by atoms with Gasteiger partial charge >= 0.3 is 7.82 Å². The van der Waals surface area contributed by atoms with Gasteiger partial charge in [-0.05, 0) is 77.0 Å². The van der Waals surface area contributed by atoms with E-state index in [2.05, 4.69) is 92.1 Å². The highest BCUT2D eigenvalue weighted by Crippen LogP contribution is 2.43. The van der Waals surface area contributed by atoms with E-state index in [1.54, 1.807) is 6.08 Å². The van der Waals surface area contributed by atoms with E-state index < -0.39 is 20.0 Å². The van der Waals surface area contributed by atoms with Gasteiger partial charge in [-0.1, -0.05) is 279 Å². The van der Waals surface area contributed by atoms with E-state index in [9.17, 15) is 19.4 Å². The number of nitrogens with zero attached hydrogens (tertiary/aromatic N) is 1. The largest absolute Gasteiger partial charge is 0.472 e. The van der Waals surface area contributed by atoms with E-state index >= 15 is 0 Å². The molecule has 3 unspecified atom stereocenters. The molecule has 3 atom stereocenters. The van der Waals surface area contributed by atoms with Gasteiger partial charge in [0.15, 0.2) is 0 Å². The van der Waals surface area contributed by atoms with Gasteiger partial charge in [0.2, 0.25) is 5.91 Å². The number of phosphoric ester groups is 1. The molecule has 0 saturated carbocycles. The second kappa shape index (κ2) is 56.4. The van der Waals surface area contributed by atoms with Crippen molar-refractivity contribution < 1.29 is 32.9 Å². The van der Waals surface area contributed by atoms with E-state index in [0.29, 0.717) is 17.4 Å². The lowest BCUT2D eigenvalue weighted by atomic mass is 10.0. The molecule has 0 aliphatic rings. The Kier molecular flexibility index (Phi) is 54.7. The molecule has 0 bridgehead atoms. The molecule has 0 heterocycles. The maximum atomic E-state index is 13.0. The molecule has 1 amide bonds. The van der Waals surface area contributed by atoms with Crippen molar-refractivity contribution in [3.8, 4) is 0 Å². The first-order chi connectivity index (χ1) is 36.5. The number of carbonyl (C=O) groups excluding carboxylic acids is 1. The Morgan fingerprint density at radius 2 is 0.813 bits per heavy atom. The second-order valence-corrected chi connectivity index (χ2v) is 23.8. The van der Waals surface area contributed by atoms with Crippen molar-refractivity contribution in [3.05, 3.63) is 85.1 Å². The number of phosphoric acid groups is 1. The molecule has 0 aliphatic carbocycles. The van der Waals surface area contributed by atoms with Crippen LogP contribution >= 0.6 is 7.82 Å². The topological polar surface area (TPSA) is 105 Å². The number of aliphatic hydroxyl groups excluding tert-OH is 1.